The van der Waals surface area contributed by atoms with Gasteiger partial charge in [0.15, 0.2) is 0 Å². The van der Waals surface area contributed by atoms with Gasteiger partial charge in [-0.05, 0) is 35.8 Å². The minimum Gasteiger partial charge on any atom is -0.397 e. The SMILES string of the molecule is CC(C)Nc1cc(Br)c(F)cc1N. The van der Waals surface area contributed by atoms with Crippen molar-refractivity contribution in [1.82, 2.24) is 0 Å². The Morgan fingerprint density at radius 3 is 2.62 bits per heavy atom. The van der Waals surface area contributed by atoms with Crippen LogP contribution in [0.1, 0.15) is 13.8 Å². The van der Waals surface area contributed by atoms with Crippen molar-refractivity contribution in [2.75, 3.05) is 11.1 Å². The summed E-state index contributed by atoms with van der Waals surface area (Å²) < 4.78 is 13.4. The Kier molecular flexibility index (Phi) is 3.14. The van der Waals surface area contributed by atoms with Gasteiger partial charge in [0, 0.05) is 12.1 Å². The number of hydrogen-bond acceptors (Lipinski definition) is 2. The molecule has 2 nitrogen and oxygen atoms in total. The molecule has 4 heteroatoms. The van der Waals surface area contributed by atoms with Gasteiger partial charge in [0.2, 0.25) is 0 Å². The molecule has 1 aromatic rings. The summed E-state index contributed by atoms with van der Waals surface area (Å²) >= 11 is 3.10. The molecule has 0 aliphatic carbocycles. The zero-order valence-corrected chi connectivity index (χ0v) is 9.15. The minimum atomic E-state index is -0.341. The number of nitrogen functional groups attached to an aromatic ring is 1. The molecule has 0 saturated heterocycles. The fourth-order valence-electron chi connectivity index (χ4n) is 0.998. The summed E-state index contributed by atoms with van der Waals surface area (Å²) in [5.41, 5.74) is 6.79. The lowest BCUT2D eigenvalue weighted by atomic mass is 10.2. The molecule has 0 bridgehead atoms. The first kappa shape index (κ1) is 10.3. The molecular formula is C9H12BrFN2. The number of hydrogen-bond donors (Lipinski definition) is 2. The molecule has 1 rings (SSSR count). The van der Waals surface area contributed by atoms with Crippen LogP contribution in [-0.2, 0) is 0 Å². The summed E-state index contributed by atoms with van der Waals surface area (Å²) in [6.45, 7) is 3.99. The summed E-state index contributed by atoms with van der Waals surface area (Å²) in [7, 11) is 0. The summed E-state index contributed by atoms with van der Waals surface area (Å²) in [5, 5.41) is 3.12. The third-order valence-electron chi connectivity index (χ3n) is 1.54. The van der Waals surface area contributed by atoms with E-state index in [2.05, 4.69) is 21.2 Å². The normalized spacial score (nSPS) is 10.5. The van der Waals surface area contributed by atoms with Crippen LogP contribution in [0, 0.1) is 5.82 Å². The third-order valence-corrected chi connectivity index (χ3v) is 2.14. The van der Waals surface area contributed by atoms with E-state index < -0.39 is 0 Å². The van der Waals surface area contributed by atoms with Gasteiger partial charge in [-0.2, -0.15) is 0 Å². The maximum atomic E-state index is 12.9. The van der Waals surface area contributed by atoms with E-state index in [1.807, 2.05) is 13.8 Å². The fraction of sp³-hybridized carbons (Fsp3) is 0.333. The first-order chi connectivity index (χ1) is 6.00. The van der Waals surface area contributed by atoms with Gasteiger partial charge < -0.3 is 11.1 Å². The van der Waals surface area contributed by atoms with E-state index in [4.69, 9.17) is 5.73 Å². The molecule has 0 atom stereocenters. The maximum absolute atomic E-state index is 12.9. The van der Waals surface area contributed by atoms with Crippen molar-refractivity contribution in [1.29, 1.82) is 0 Å². The van der Waals surface area contributed by atoms with Crippen LogP contribution in [0.5, 0.6) is 0 Å². The number of nitrogens with two attached hydrogens (primary N) is 1. The van der Waals surface area contributed by atoms with Crippen LogP contribution in [0.4, 0.5) is 15.8 Å². The van der Waals surface area contributed by atoms with E-state index in [0.717, 1.165) is 5.69 Å². The molecular weight excluding hydrogens is 235 g/mol. The second kappa shape index (κ2) is 3.96. The predicted octanol–water partition coefficient (Wildman–Crippen LogP) is 2.99. The molecule has 3 N–H and O–H groups in total. The van der Waals surface area contributed by atoms with E-state index in [0.29, 0.717) is 10.2 Å². The topological polar surface area (TPSA) is 38.0 Å². The Morgan fingerprint density at radius 1 is 1.46 bits per heavy atom. The van der Waals surface area contributed by atoms with E-state index in [1.54, 1.807) is 6.07 Å². The molecule has 0 unspecified atom stereocenters. The van der Waals surface area contributed by atoms with Crippen LogP contribution in [0.2, 0.25) is 0 Å². The molecule has 0 spiro atoms. The smallest absolute Gasteiger partial charge is 0.139 e. The highest BCUT2D eigenvalue weighted by Crippen LogP contribution is 2.26. The zero-order valence-electron chi connectivity index (χ0n) is 7.57. The Bertz CT molecular complexity index is 313. The quantitative estimate of drug-likeness (QED) is 0.788. The first-order valence-corrected chi connectivity index (χ1v) is 4.81. The monoisotopic (exact) mass is 246 g/mol. The maximum Gasteiger partial charge on any atom is 0.139 e. The first-order valence-electron chi connectivity index (χ1n) is 4.01. The van der Waals surface area contributed by atoms with Gasteiger partial charge in [-0.25, -0.2) is 4.39 Å². The van der Waals surface area contributed by atoms with Gasteiger partial charge in [0.1, 0.15) is 5.82 Å². The summed E-state index contributed by atoms with van der Waals surface area (Å²) in [4.78, 5) is 0. The number of benzene rings is 1. The Hall–Kier alpha value is -0.770. The average molecular weight is 247 g/mol. The highest BCUT2D eigenvalue weighted by atomic mass is 79.9. The molecule has 0 aliphatic heterocycles. The average Bonchev–Trinajstić information content (AvgIpc) is 1.99. The zero-order chi connectivity index (χ0) is 10.0. The predicted molar refractivity (Wildman–Crippen MR) is 57.3 cm³/mol. The molecule has 0 saturated carbocycles. The van der Waals surface area contributed by atoms with Crippen molar-refractivity contribution in [2.24, 2.45) is 0 Å². The summed E-state index contributed by atoms with van der Waals surface area (Å²) in [6.07, 6.45) is 0. The van der Waals surface area contributed by atoms with Crippen molar-refractivity contribution < 1.29 is 4.39 Å². The van der Waals surface area contributed by atoms with Gasteiger partial charge in [0.05, 0.1) is 15.8 Å². The Balaban J connectivity index is 3.01. The van der Waals surface area contributed by atoms with Crippen molar-refractivity contribution in [3.8, 4) is 0 Å². The number of nitrogens with one attached hydrogen (secondary N) is 1. The van der Waals surface area contributed by atoms with Gasteiger partial charge in [0.25, 0.3) is 0 Å². The molecule has 0 amide bonds. The van der Waals surface area contributed by atoms with Gasteiger partial charge >= 0.3 is 0 Å². The van der Waals surface area contributed by atoms with Crippen LogP contribution in [0.3, 0.4) is 0 Å². The van der Waals surface area contributed by atoms with Gasteiger partial charge in [-0.15, -0.1) is 0 Å². The van der Waals surface area contributed by atoms with E-state index in [-0.39, 0.29) is 11.9 Å². The third kappa shape index (κ3) is 2.59. The number of anilines is 2. The lowest BCUT2D eigenvalue weighted by Crippen LogP contribution is -2.11. The number of rotatable bonds is 2. The number of halogens is 2. The fourth-order valence-corrected chi connectivity index (χ4v) is 1.34. The van der Waals surface area contributed by atoms with Crippen molar-refractivity contribution in [3.05, 3.63) is 22.4 Å². The molecule has 0 aliphatic rings. The van der Waals surface area contributed by atoms with Crippen molar-refractivity contribution in [3.63, 3.8) is 0 Å². The molecule has 72 valence electrons. The lowest BCUT2D eigenvalue weighted by molar-refractivity contribution is 0.622. The van der Waals surface area contributed by atoms with Crippen LogP contribution in [-0.4, -0.2) is 6.04 Å². The van der Waals surface area contributed by atoms with Crippen LogP contribution in [0.25, 0.3) is 0 Å². The lowest BCUT2D eigenvalue weighted by Gasteiger charge is -2.12. The standard InChI is InChI=1S/C9H12BrFN2/c1-5(2)13-9-3-6(10)7(11)4-8(9)12/h3-5,13H,12H2,1-2H3. The van der Waals surface area contributed by atoms with Crippen LogP contribution in [0.15, 0.2) is 16.6 Å². The largest absolute Gasteiger partial charge is 0.397 e. The Morgan fingerprint density at radius 2 is 2.08 bits per heavy atom. The molecule has 13 heavy (non-hydrogen) atoms. The molecule has 1 aromatic carbocycles. The summed E-state index contributed by atoms with van der Waals surface area (Å²) in [6, 6.07) is 3.22. The molecule has 0 aromatic heterocycles. The van der Waals surface area contributed by atoms with E-state index >= 15 is 0 Å². The van der Waals surface area contributed by atoms with Crippen LogP contribution < -0.4 is 11.1 Å². The minimum absolute atomic E-state index is 0.277. The molecule has 0 fully saturated rings. The summed E-state index contributed by atoms with van der Waals surface area (Å²) in [5.74, 6) is -0.341. The van der Waals surface area contributed by atoms with Crippen molar-refractivity contribution in [2.45, 2.75) is 19.9 Å². The highest BCUT2D eigenvalue weighted by molar-refractivity contribution is 9.10. The van der Waals surface area contributed by atoms with E-state index in [1.165, 1.54) is 6.07 Å². The Labute approximate surface area is 85.4 Å². The highest BCUT2D eigenvalue weighted by Gasteiger charge is 2.06. The molecule has 0 heterocycles. The second-order valence-electron chi connectivity index (χ2n) is 3.15. The van der Waals surface area contributed by atoms with Crippen molar-refractivity contribution >= 4 is 27.3 Å². The van der Waals surface area contributed by atoms with E-state index in [9.17, 15) is 4.39 Å². The molecule has 0 radical (unpaired) electrons. The second-order valence-corrected chi connectivity index (χ2v) is 4.01. The van der Waals surface area contributed by atoms with Crippen LogP contribution >= 0.6 is 15.9 Å². The van der Waals surface area contributed by atoms with Gasteiger partial charge in [-0.1, -0.05) is 0 Å². The van der Waals surface area contributed by atoms with Gasteiger partial charge in [-0.3, -0.25) is 0 Å².